The Hall–Kier alpha value is -1.03. The number of allylic oxidation sites excluding steroid dienone is 4. The van der Waals surface area contributed by atoms with E-state index in [-0.39, 0.29) is 11.8 Å². The fraction of sp³-hybridized carbons (Fsp3) is 0.684. The fourth-order valence-corrected chi connectivity index (χ4v) is 2.96. The van der Waals surface area contributed by atoms with Gasteiger partial charge in [0.1, 0.15) is 5.78 Å². The third kappa shape index (κ3) is 13.1. The quantitative estimate of drug-likeness (QED) is 0.419. The van der Waals surface area contributed by atoms with Gasteiger partial charge in [0.2, 0.25) is 5.91 Å². The molecule has 0 aromatic carbocycles. The van der Waals surface area contributed by atoms with E-state index < -0.39 is 0 Å². The van der Waals surface area contributed by atoms with Gasteiger partial charge in [-0.15, -0.1) is 0 Å². The van der Waals surface area contributed by atoms with E-state index in [2.05, 4.69) is 38.2 Å². The molecule has 0 aromatic rings. The Bertz CT molecular complexity index is 427. The predicted octanol–water partition coefficient (Wildman–Crippen LogP) is 4.53. The van der Waals surface area contributed by atoms with Crippen LogP contribution in [0, 0.1) is 5.92 Å². The summed E-state index contributed by atoms with van der Waals surface area (Å²) in [6.45, 7) is 10.5. The first kappa shape index (κ1) is 22.0. The second-order valence-electron chi connectivity index (χ2n) is 6.15. The van der Waals surface area contributed by atoms with Crippen molar-refractivity contribution in [2.24, 2.45) is 5.92 Å². The fourth-order valence-electron chi connectivity index (χ4n) is 2.01. The Kier molecular flexibility index (Phi) is 12.8. The third-order valence-electron chi connectivity index (χ3n) is 3.83. The van der Waals surface area contributed by atoms with Gasteiger partial charge in [0.25, 0.3) is 0 Å². The average molecular weight is 340 g/mol. The number of amides is 1. The lowest BCUT2D eigenvalue weighted by Crippen LogP contribution is -2.23. The van der Waals surface area contributed by atoms with E-state index in [4.69, 9.17) is 0 Å². The van der Waals surface area contributed by atoms with Crippen molar-refractivity contribution in [3.63, 3.8) is 0 Å². The average Bonchev–Trinajstić information content (AvgIpc) is 2.51. The highest BCUT2D eigenvalue weighted by atomic mass is 32.2. The molecule has 0 radical (unpaired) electrons. The Labute approximate surface area is 146 Å². The number of carbonyl (C=O) groups is 2. The lowest BCUT2D eigenvalue weighted by molar-refractivity contribution is -0.121. The Morgan fingerprint density at radius 3 is 2.39 bits per heavy atom. The van der Waals surface area contributed by atoms with Crippen LogP contribution in [0.15, 0.2) is 23.3 Å². The molecular formula is C19H33NO2S. The molecule has 3 nitrogen and oxygen atoms in total. The number of ketones is 1. The first-order chi connectivity index (χ1) is 10.9. The molecule has 0 aliphatic heterocycles. The maximum Gasteiger partial charge on any atom is 0.216 e. The van der Waals surface area contributed by atoms with E-state index in [9.17, 15) is 9.59 Å². The number of nitrogens with one attached hydrogen (secondary N) is 1. The van der Waals surface area contributed by atoms with E-state index in [0.29, 0.717) is 18.7 Å². The van der Waals surface area contributed by atoms with Crippen molar-refractivity contribution in [2.45, 2.75) is 60.3 Å². The van der Waals surface area contributed by atoms with Gasteiger partial charge >= 0.3 is 0 Å². The highest BCUT2D eigenvalue weighted by Crippen LogP contribution is 2.15. The molecule has 0 aliphatic carbocycles. The molecule has 0 aromatic heterocycles. The van der Waals surface area contributed by atoms with Crippen molar-refractivity contribution in [2.75, 3.05) is 18.1 Å². The van der Waals surface area contributed by atoms with Crippen molar-refractivity contribution in [1.82, 2.24) is 5.32 Å². The second kappa shape index (κ2) is 13.4. The van der Waals surface area contributed by atoms with Gasteiger partial charge in [0, 0.05) is 37.3 Å². The number of thioether (sulfide) groups is 1. The zero-order valence-electron chi connectivity index (χ0n) is 15.4. The Morgan fingerprint density at radius 1 is 1.09 bits per heavy atom. The largest absolute Gasteiger partial charge is 0.356 e. The molecular weight excluding hydrogens is 306 g/mol. The van der Waals surface area contributed by atoms with Gasteiger partial charge in [-0.05, 0) is 40.0 Å². The summed E-state index contributed by atoms with van der Waals surface area (Å²) in [6.07, 6.45) is 8.08. The van der Waals surface area contributed by atoms with Gasteiger partial charge in [-0.3, -0.25) is 9.59 Å². The lowest BCUT2D eigenvalue weighted by atomic mass is 10.0. The summed E-state index contributed by atoms with van der Waals surface area (Å²) in [5.74, 6) is 2.13. The van der Waals surface area contributed by atoms with Crippen LogP contribution in [0.25, 0.3) is 0 Å². The van der Waals surface area contributed by atoms with E-state index >= 15 is 0 Å². The van der Waals surface area contributed by atoms with Gasteiger partial charge in [0.05, 0.1) is 0 Å². The van der Waals surface area contributed by atoms with Gasteiger partial charge < -0.3 is 5.32 Å². The number of Topliss-reactive ketones (excluding diaryl/α,β-unsaturated/α-hetero) is 1. The topological polar surface area (TPSA) is 46.2 Å². The van der Waals surface area contributed by atoms with E-state index in [1.54, 1.807) is 11.8 Å². The summed E-state index contributed by atoms with van der Waals surface area (Å²) in [7, 11) is 0. The minimum absolute atomic E-state index is 0.00149. The normalized spacial score (nSPS) is 13.8. The van der Waals surface area contributed by atoms with Crippen LogP contribution < -0.4 is 5.32 Å². The van der Waals surface area contributed by atoms with Gasteiger partial charge in [-0.1, -0.05) is 30.2 Å². The van der Waals surface area contributed by atoms with E-state index in [0.717, 1.165) is 30.8 Å². The number of hydrogen-bond acceptors (Lipinski definition) is 3. The van der Waals surface area contributed by atoms with Crippen LogP contribution in [0.2, 0.25) is 0 Å². The number of rotatable bonds is 12. The van der Waals surface area contributed by atoms with Crippen LogP contribution >= 0.6 is 11.8 Å². The maximum absolute atomic E-state index is 12.1. The molecule has 132 valence electrons. The number of hydrogen-bond donors (Lipinski definition) is 1. The van der Waals surface area contributed by atoms with Crippen LogP contribution in [0.5, 0.6) is 0 Å². The molecule has 0 fully saturated rings. The lowest BCUT2D eigenvalue weighted by Gasteiger charge is -2.10. The Balaban J connectivity index is 3.86. The van der Waals surface area contributed by atoms with Gasteiger partial charge in [-0.2, -0.15) is 11.8 Å². The standard InChI is InChI=1S/C19H33NO2S/c1-6-15(2)8-7-9-16(3)10-11-19(22)17(4)14-23-13-12-20-18(5)21/h6,9,17H,7-8,10-14H2,1-5H3,(H,20,21)/b15-6-,16-9+. The van der Waals surface area contributed by atoms with Crippen molar-refractivity contribution < 1.29 is 9.59 Å². The van der Waals surface area contributed by atoms with Crippen LogP contribution in [0.3, 0.4) is 0 Å². The summed E-state index contributed by atoms with van der Waals surface area (Å²) in [4.78, 5) is 22.9. The van der Waals surface area contributed by atoms with E-state index in [1.807, 2.05) is 6.92 Å². The molecule has 1 amide bonds. The van der Waals surface area contributed by atoms with Crippen LogP contribution in [-0.4, -0.2) is 29.7 Å². The molecule has 4 heteroatoms. The first-order valence-electron chi connectivity index (χ1n) is 8.49. The van der Waals surface area contributed by atoms with Crippen molar-refractivity contribution in [1.29, 1.82) is 0 Å². The van der Waals surface area contributed by atoms with Crippen LogP contribution in [-0.2, 0) is 9.59 Å². The van der Waals surface area contributed by atoms with Crippen molar-refractivity contribution in [3.8, 4) is 0 Å². The molecule has 1 N–H and O–H groups in total. The number of carbonyl (C=O) groups excluding carboxylic acids is 2. The molecule has 0 saturated heterocycles. The summed E-state index contributed by atoms with van der Waals surface area (Å²) < 4.78 is 0. The summed E-state index contributed by atoms with van der Waals surface area (Å²) >= 11 is 1.73. The first-order valence-corrected chi connectivity index (χ1v) is 9.64. The molecule has 0 heterocycles. The zero-order chi connectivity index (χ0) is 17.7. The molecule has 1 atom stereocenters. The van der Waals surface area contributed by atoms with E-state index in [1.165, 1.54) is 18.1 Å². The highest BCUT2D eigenvalue weighted by Gasteiger charge is 2.12. The van der Waals surface area contributed by atoms with Crippen molar-refractivity contribution in [3.05, 3.63) is 23.3 Å². The van der Waals surface area contributed by atoms with Crippen molar-refractivity contribution >= 4 is 23.5 Å². The molecule has 0 aliphatic rings. The molecule has 23 heavy (non-hydrogen) atoms. The molecule has 0 rings (SSSR count). The summed E-state index contributed by atoms with van der Waals surface area (Å²) in [5, 5.41) is 2.76. The third-order valence-corrected chi connectivity index (χ3v) is 5.06. The minimum atomic E-state index is 0.00149. The minimum Gasteiger partial charge on any atom is -0.356 e. The summed E-state index contributed by atoms with van der Waals surface area (Å²) in [5.41, 5.74) is 2.72. The monoisotopic (exact) mass is 339 g/mol. The second-order valence-corrected chi connectivity index (χ2v) is 7.30. The molecule has 0 bridgehead atoms. The van der Waals surface area contributed by atoms with Gasteiger partial charge in [-0.25, -0.2) is 0 Å². The molecule has 1 unspecified atom stereocenters. The highest BCUT2D eigenvalue weighted by molar-refractivity contribution is 7.99. The molecule has 0 spiro atoms. The zero-order valence-corrected chi connectivity index (χ0v) is 16.2. The smallest absolute Gasteiger partial charge is 0.216 e. The molecule has 0 saturated carbocycles. The SMILES string of the molecule is C/C=C(/C)CC/C=C(\C)CCC(=O)C(C)CSCCNC(C)=O. The van der Waals surface area contributed by atoms with Crippen LogP contribution in [0.1, 0.15) is 60.3 Å². The Morgan fingerprint density at radius 2 is 1.78 bits per heavy atom. The maximum atomic E-state index is 12.1. The van der Waals surface area contributed by atoms with Crippen LogP contribution in [0.4, 0.5) is 0 Å². The predicted molar refractivity (Wildman–Crippen MR) is 102 cm³/mol. The summed E-state index contributed by atoms with van der Waals surface area (Å²) in [6, 6.07) is 0. The van der Waals surface area contributed by atoms with Gasteiger partial charge in [0.15, 0.2) is 0 Å².